The summed E-state index contributed by atoms with van der Waals surface area (Å²) in [6, 6.07) is 5.37. The van der Waals surface area contributed by atoms with Crippen molar-refractivity contribution in [3.05, 3.63) is 28.2 Å². The fourth-order valence-corrected chi connectivity index (χ4v) is 2.60. The van der Waals surface area contributed by atoms with Gasteiger partial charge in [0, 0.05) is 15.8 Å². The van der Waals surface area contributed by atoms with E-state index in [9.17, 15) is 9.90 Å². The first-order chi connectivity index (χ1) is 8.97. The lowest BCUT2D eigenvalue weighted by Gasteiger charge is -2.21. The molecule has 2 unspecified atom stereocenters. The summed E-state index contributed by atoms with van der Waals surface area (Å²) < 4.78 is 0.837. The average molecular weight is 347 g/mol. The Morgan fingerprint density at radius 3 is 2.79 bits per heavy atom. The first kappa shape index (κ1) is 16.3. The Hall–Kier alpha value is -0.720. The summed E-state index contributed by atoms with van der Waals surface area (Å²) in [6.07, 6.45) is 1.91. The number of rotatable bonds is 5. The summed E-state index contributed by atoms with van der Waals surface area (Å²) in [5.41, 5.74) is 1.80. The topological polar surface area (TPSA) is 61.4 Å². The second kappa shape index (κ2) is 7.77. The molecule has 3 N–H and O–H groups in total. The molecule has 0 radical (unpaired) electrons. The van der Waals surface area contributed by atoms with Crippen LogP contribution < -0.4 is 10.6 Å². The van der Waals surface area contributed by atoms with Gasteiger partial charge in [0.05, 0.1) is 12.3 Å². The maximum Gasteiger partial charge on any atom is 0.319 e. The number of halogens is 1. The Morgan fingerprint density at radius 2 is 2.21 bits per heavy atom. The van der Waals surface area contributed by atoms with Crippen LogP contribution in [-0.4, -0.2) is 35.3 Å². The molecule has 0 aromatic heterocycles. The van der Waals surface area contributed by atoms with Gasteiger partial charge in [0.2, 0.25) is 0 Å². The largest absolute Gasteiger partial charge is 0.395 e. The van der Waals surface area contributed by atoms with E-state index in [1.807, 2.05) is 38.3 Å². The minimum Gasteiger partial charge on any atom is -0.395 e. The first-order valence-electron chi connectivity index (χ1n) is 5.95. The summed E-state index contributed by atoms with van der Waals surface area (Å²) in [4.78, 5) is 11.9. The number of carbonyl (C=O) groups excluding carboxylic acids is 1. The Bertz CT molecular complexity index is 439. The van der Waals surface area contributed by atoms with Crippen molar-refractivity contribution in [1.29, 1.82) is 0 Å². The second-order valence-electron chi connectivity index (χ2n) is 4.33. The summed E-state index contributed by atoms with van der Waals surface area (Å²) in [5, 5.41) is 14.8. The maximum absolute atomic E-state index is 11.9. The molecule has 0 saturated heterocycles. The highest BCUT2D eigenvalue weighted by Crippen LogP contribution is 2.23. The number of urea groups is 1. The summed E-state index contributed by atoms with van der Waals surface area (Å²) in [7, 11) is 0. The van der Waals surface area contributed by atoms with Gasteiger partial charge in [-0.1, -0.05) is 6.07 Å². The zero-order valence-corrected chi connectivity index (χ0v) is 13.6. The molecular weight excluding hydrogens is 328 g/mol. The van der Waals surface area contributed by atoms with Gasteiger partial charge in [0.25, 0.3) is 0 Å². The summed E-state index contributed by atoms with van der Waals surface area (Å²) in [5.74, 6) is 0. The molecule has 2 atom stereocenters. The van der Waals surface area contributed by atoms with Gasteiger partial charge in [-0.05, 0) is 53.7 Å². The fourth-order valence-electron chi connectivity index (χ4n) is 1.63. The van der Waals surface area contributed by atoms with Gasteiger partial charge < -0.3 is 15.7 Å². The smallest absolute Gasteiger partial charge is 0.319 e. The van der Waals surface area contributed by atoms with Crippen LogP contribution in [0.25, 0.3) is 0 Å². The van der Waals surface area contributed by atoms with Crippen molar-refractivity contribution in [3.63, 3.8) is 0 Å². The molecule has 2 amide bonds. The van der Waals surface area contributed by atoms with Crippen LogP contribution >= 0.6 is 27.7 Å². The lowest BCUT2D eigenvalue weighted by molar-refractivity contribution is 0.243. The molecule has 1 aromatic carbocycles. The van der Waals surface area contributed by atoms with Gasteiger partial charge in [-0.2, -0.15) is 11.8 Å². The van der Waals surface area contributed by atoms with Gasteiger partial charge in [0.15, 0.2) is 0 Å². The molecule has 0 aliphatic carbocycles. The minimum absolute atomic E-state index is 0.00769. The summed E-state index contributed by atoms with van der Waals surface area (Å²) in [6.45, 7) is 3.88. The standard InChI is InChI=1S/C13H19BrN2O2S/c1-8-4-5-10(14)11(6-8)16-13(18)15-9(2)12(7-17)19-3/h4-6,9,12,17H,7H2,1-3H3,(H2,15,16,18). The number of aliphatic hydroxyl groups excluding tert-OH is 1. The highest BCUT2D eigenvalue weighted by molar-refractivity contribution is 9.10. The van der Waals surface area contributed by atoms with Crippen LogP contribution in [0.15, 0.2) is 22.7 Å². The van der Waals surface area contributed by atoms with E-state index < -0.39 is 0 Å². The van der Waals surface area contributed by atoms with Crippen molar-refractivity contribution >= 4 is 39.4 Å². The van der Waals surface area contributed by atoms with Crippen LogP contribution in [-0.2, 0) is 0 Å². The number of amides is 2. The number of benzene rings is 1. The minimum atomic E-state index is -0.272. The van der Waals surface area contributed by atoms with E-state index in [1.54, 1.807) is 0 Å². The average Bonchev–Trinajstić information content (AvgIpc) is 2.35. The predicted octanol–water partition coefficient (Wildman–Crippen LogP) is 2.99. The predicted molar refractivity (Wildman–Crippen MR) is 84.9 cm³/mol. The summed E-state index contributed by atoms with van der Waals surface area (Å²) >= 11 is 4.92. The molecule has 19 heavy (non-hydrogen) atoms. The first-order valence-corrected chi connectivity index (χ1v) is 8.03. The van der Waals surface area contributed by atoms with Gasteiger partial charge in [-0.3, -0.25) is 0 Å². The zero-order chi connectivity index (χ0) is 14.4. The number of anilines is 1. The number of aryl methyl sites for hydroxylation is 1. The van der Waals surface area contributed by atoms with Crippen LogP contribution in [0.4, 0.5) is 10.5 Å². The lowest BCUT2D eigenvalue weighted by atomic mass is 10.2. The van der Waals surface area contributed by atoms with Gasteiger partial charge in [0.1, 0.15) is 0 Å². The van der Waals surface area contributed by atoms with Crippen LogP contribution in [0.2, 0.25) is 0 Å². The Morgan fingerprint density at radius 1 is 1.53 bits per heavy atom. The van der Waals surface area contributed by atoms with E-state index in [0.29, 0.717) is 0 Å². The van der Waals surface area contributed by atoms with Crippen molar-refractivity contribution in [2.75, 3.05) is 18.2 Å². The van der Waals surface area contributed by atoms with Gasteiger partial charge >= 0.3 is 6.03 Å². The molecular formula is C13H19BrN2O2S. The van der Waals surface area contributed by atoms with E-state index in [-0.39, 0.29) is 23.9 Å². The monoisotopic (exact) mass is 346 g/mol. The number of aliphatic hydroxyl groups is 1. The van der Waals surface area contributed by atoms with Crippen LogP contribution in [0, 0.1) is 6.92 Å². The molecule has 0 aliphatic rings. The number of hydrogen-bond acceptors (Lipinski definition) is 3. The molecule has 106 valence electrons. The number of nitrogens with one attached hydrogen (secondary N) is 2. The molecule has 1 rings (SSSR count). The van der Waals surface area contributed by atoms with Crippen LogP contribution in [0.5, 0.6) is 0 Å². The van der Waals surface area contributed by atoms with E-state index in [0.717, 1.165) is 15.7 Å². The second-order valence-corrected chi connectivity index (χ2v) is 6.26. The Kier molecular flexibility index (Phi) is 6.68. The van der Waals surface area contributed by atoms with Crippen molar-refractivity contribution in [3.8, 4) is 0 Å². The molecule has 0 spiro atoms. The van der Waals surface area contributed by atoms with Gasteiger partial charge in [-0.25, -0.2) is 4.79 Å². The highest BCUT2D eigenvalue weighted by Gasteiger charge is 2.17. The molecule has 4 nitrogen and oxygen atoms in total. The fraction of sp³-hybridized carbons (Fsp3) is 0.462. The molecule has 6 heteroatoms. The van der Waals surface area contributed by atoms with E-state index in [1.165, 1.54) is 11.8 Å². The lowest BCUT2D eigenvalue weighted by Crippen LogP contribution is -2.43. The molecule has 0 heterocycles. The normalized spacial score (nSPS) is 13.7. The van der Waals surface area contributed by atoms with Crippen molar-refractivity contribution in [2.24, 2.45) is 0 Å². The molecule has 0 saturated carbocycles. The van der Waals surface area contributed by atoms with E-state index >= 15 is 0 Å². The van der Waals surface area contributed by atoms with Gasteiger partial charge in [-0.15, -0.1) is 0 Å². The molecule has 0 aliphatic heterocycles. The van der Waals surface area contributed by atoms with Crippen molar-refractivity contribution in [1.82, 2.24) is 5.32 Å². The third-order valence-corrected chi connectivity index (χ3v) is 4.62. The molecule has 0 fully saturated rings. The number of thioether (sulfide) groups is 1. The SMILES string of the molecule is CSC(CO)C(C)NC(=O)Nc1cc(C)ccc1Br. The Balaban J connectivity index is 2.62. The number of hydrogen-bond donors (Lipinski definition) is 3. The Labute approximate surface area is 126 Å². The quantitative estimate of drug-likeness (QED) is 0.767. The zero-order valence-electron chi connectivity index (χ0n) is 11.2. The highest BCUT2D eigenvalue weighted by atomic mass is 79.9. The molecule has 0 bridgehead atoms. The van der Waals surface area contributed by atoms with Crippen LogP contribution in [0.1, 0.15) is 12.5 Å². The van der Waals surface area contributed by atoms with E-state index in [2.05, 4.69) is 26.6 Å². The third kappa shape index (κ3) is 5.04. The van der Waals surface area contributed by atoms with Crippen molar-refractivity contribution in [2.45, 2.75) is 25.1 Å². The van der Waals surface area contributed by atoms with E-state index in [4.69, 9.17) is 0 Å². The molecule has 1 aromatic rings. The maximum atomic E-state index is 11.9. The van der Waals surface area contributed by atoms with Crippen LogP contribution in [0.3, 0.4) is 0 Å². The third-order valence-electron chi connectivity index (χ3n) is 2.77. The van der Waals surface area contributed by atoms with Crippen molar-refractivity contribution < 1.29 is 9.90 Å². The number of carbonyl (C=O) groups is 1.